The fraction of sp³-hybridized carbons (Fsp3) is 0.667. The first-order chi connectivity index (χ1) is 11.7. The Hall–Kier alpha value is -1.47. The van der Waals surface area contributed by atoms with E-state index >= 15 is 0 Å². The largest absolute Gasteiger partial charge is 0.320 e. The lowest BCUT2D eigenvalue weighted by Crippen LogP contribution is -2.50. The molecule has 0 aromatic carbocycles. The van der Waals surface area contributed by atoms with Crippen LogP contribution in [-0.2, 0) is 21.2 Å². The van der Waals surface area contributed by atoms with Crippen molar-refractivity contribution in [3.05, 3.63) is 30.1 Å². The van der Waals surface area contributed by atoms with Crippen LogP contribution in [-0.4, -0.2) is 41.5 Å². The molecule has 1 spiro atoms. The molecule has 2 bridgehead atoms. The van der Waals surface area contributed by atoms with Gasteiger partial charge in [0.25, 0.3) is 5.91 Å². The second-order valence-electron chi connectivity index (χ2n) is 8.43. The minimum atomic E-state index is -3.61. The Morgan fingerprint density at radius 2 is 2.24 bits per heavy atom. The molecule has 4 atom stereocenters. The van der Waals surface area contributed by atoms with Gasteiger partial charge in [-0.25, -0.2) is 12.7 Å². The first-order valence-corrected chi connectivity index (χ1v) is 10.5. The summed E-state index contributed by atoms with van der Waals surface area (Å²) in [5.41, 5.74) is 6.60. The Kier molecular flexibility index (Phi) is 3.57. The molecule has 2 saturated carbocycles. The number of aromatic nitrogens is 1. The lowest BCUT2D eigenvalue weighted by molar-refractivity contribution is -0.130. The second kappa shape index (κ2) is 5.27. The van der Waals surface area contributed by atoms with E-state index in [1.165, 1.54) is 0 Å². The summed E-state index contributed by atoms with van der Waals surface area (Å²) in [5, 5.41) is 0. The Bertz CT molecular complexity index is 808. The van der Waals surface area contributed by atoms with Gasteiger partial charge in [0.1, 0.15) is 0 Å². The van der Waals surface area contributed by atoms with Gasteiger partial charge in [-0.3, -0.25) is 9.78 Å². The molecule has 7 heteroatoms. The van der Waals surface area contributed by atoms with Gasteiger partial charge in [0, 0.05) is 17.8 Å². The molecule has 6 nitrogen and oxygen atoms in total. The average molecular weight is 363 g/mol. The number of amides is 1. The Labute approximate surface area is 148 Å². The predicted molar refractivity (Wildman–Crippen MR) is 93.9 cm³/mol. The molecule has 3 fully saturated rings. The van der Waals surface area contributed by atoms with Gasteiger partial charge in [-0.15, -0.1) is 0 Å². The van der Waals surface area contributed by atoms with Crippen LogP contribution in [0, 0.1) is 16.7 Å². The maximum atomic E-state index is 13.0. The third kappa shape index (κ3) is 2.21. The van der Waals surface area contributed by atoms with E-state index in [1.807, 2.05) is 6.07 Å². The van der Waals surface area contributed by atoms with Gasteiger partial charge in [-0.1, -0.05) is 19.9 Å². The van der Waals surface area contributed by atoms with E-state index < -0.39 is 22.0 Å². The molecular weight excluding hydrogens is 338 g/mol. The third-order valence-corrected chi connectivity index (χ3v) is 9.04. The van der Waals surface area contributed by atoms with E-state index in [1.54, 1.807) is 18.5 Å². The molecule has 0 unspecified atom stereocenters. The van der Waals surface area contributed by atoms with E-state index in [-0.39, 0.29) is 22.6 Å². The number of carbonyl (C=O) groups is 1. The second-order valence-corrected chi connectivity index (χ2v) is 10.3. The van der Waals surface area contributed by atoms with E-state index in [0.717, 1.165) is 29.1 Å². The molecule has 0 radical (unpaired) electrons. The van der Waals surface area contributed by atoms with Crippen LogP contribution in [0.15, 0.2) is 24.5 Å². The number of pyridine rings is 1. The number of nitrogens with zero attached hydrogens (tertiary/aromatic N) is 2. The zero-order valence-electron chi connectivity index (χ0n) is 14.7. The third-order valence-electron chi connectivity index (χ3n) is 7.12. The normalized spacial score (nSPS) is 35.6. The molecule has 2 heterocycles. The van der Waals surface area contributed by atoms with Crippen LogP contribution in [0.25, 0.3) is 0 Å². The topological polar surface area (TPSA) is 93.4 Å². The molecular formula is C18H25N3O3S. The first kappa shape index (κ1) is 17.0. The maximum absolute atomic E-state index is 13.0. The highest BCUT2D eigenvalue weighted by Gasteiger charge is 2.72. The van der Waals surface area contributed by atoms with Crippen molar-refractivity contribution in [1.29, 1.82) is 0 Å². The van der Waals surface area contributed by atoms with Gasteiger partial charge in [0.05, 0.1) is 17.8 Å². The van der Waals surface area contributed by atoms with Crippen molar-refractivity contribution in [3.63, 3.8) is 0 Å². The van der Waals surface area contributed by atoms with Crippen LogP contribution < -0.4 is 5.73 Å². The van der Waals surface area contributed by atoms with Crippen LogP contribution >= 0.6 is 0 Å². The molecule has 1 amide bonds. The van der Waals surface area contributed by atoms with Crippen molar-refractivity contribution < 1.29 is 13.2 Å². The quantitative estimate of drug-likeness (QED) is 0.874. The molecule has 1 aromatic heterocycles. The number of hydrogen-bond donors (Lipinski definition) is 1. The monoisotopic (exact) mass is 363 g/mol. The minimum absolute atomic E-state index is 0.0484. The number of hydrogen-bond acceptors (Lipinski definition) is 5. The molecule has 2 aliphatic carbocycles. The highest BCUT2D eigenvalue weighted by molar-refractivity contribution is 7.90. The number of nitrogens with two attached hydrogens (primary N) is 1. The van der Waals surface area contributed by atoms with Gasteiger partial charge in [0.2, 0.25) is 10.0 Å². The van der Waals surface area contributed by atoms with E-state index in [0.29, 0.717) is 12.3 Å². The molecule has 136 valence electrons. The van der Waals surface area contributed by atoms with Gasteiger partial charge in [0.15, 0.2) is 0 Å². The summed E-state index contributed by atoms with van der Waals surface area (Å²) in [4.78, 5) is 17.0. The van der Waals surface area contributed by atoms with E-state index in [2.05, 4.69) is 18.8 Å². The lowest BCUT2D eigenvalue weighted by atomic mass is 9.69. The van der Waals surface area contributed by atoms with Gasteiger partial charge >= 0.3 is 0 Å². The fourth-order valence-corrected chi connectivity index (χ4v) is 8.19. The van der Waals surface area contributed by atoms with Crippen molar-refractivity contribution in [2.24, 2.45) is 22.5 Å². The Balaban J connectivity index is 1.63. The SMILES string of the molecule is CC1(C)[C@H]2CC[C@@]13CS(=O)(=O)N(C(=O)[C@@H](N)Cc1cccnc1)[C@H]3C2. The molecule has 1 aromatic rings. The summed E-state index contributed by atoms with van der Waals surface area (Å²) in [6.45, 7) is 4.34. The fourth-order valence-electron chi connectivity index (χ4n) is 5.60. The summed E-state index contributed by atoms with van der Waals surface area (Å²) in [7, 11) is -3.61. The summed E-state index contributed by atoms with van der Waals surface area (Å²) >= 11 is 0. The predicted octanol–water partition coefficient (Wildman–Crippen LogP) is 1.32. The van der Waals surface area contributed by atoms with Gasteiger partial charge in [-0.05, 0) is 48.6 Å². The van der Waals surface area contributed by atoms with Crippen molar-refractivity contribution in [3.8, 4) is 0 Å². The molecule has 4 rings (SSSR count). The van der Waals surface area contributed by atoms with Crippen molar-refractivity contribution in [2.45, 2.75) is 51.6 Å². The van der Waals surface area contributed by atoms with Crippen molar-refractivity contribution in [1.82, 2.24) is 9.29 Å². The average Bonchev–Trinajstić information content (AvgIpc) is 3.02. The van der Waals surface area contributed by atoms with Crippen molar-refractivity contribution >= 4 is 15.9 Å². The van der Waals surface area contributed by atoms with Crippen molar-refractivity contribution in [2.75, 3.05) is 5.75 Å². The number of fused-ring (bicyclic) bond motifs is 1. The highest BCUT2D eigenvalue weighted by Crippen LogP contribution is 2.69. The minimum Gasteiger partial charge on any atom is -0.320 e. The lowest BCUT2D eigenvalue weighted by Gasteiger charge is -2.37. The van der Waals surface area contributed by atoms with Crippen LogP contribution in [0.1, 0.15) is 38.7 Å². The van der Waals surface area contributed by atoms with Gasteiger partial charge in [-0.2, -0.15) is 0 Å². The first-order valence-electron chi connectivity index (χ1n) is 8.89. The summed E-state index contributed by atoms with van der Waals surface area (Å²) < 4.78 is 26.9. The Morgan fingerprint density at radius 1 is 1.48 bits per heavy atom. The summed E-state index contributed by atoms with van der Waals surface area (Å²) in [5.74, 6) is 0.103. The number of carbonyl (C=O) groups excluding carboxylic acids is 1. The number of rotatable bonds is 3. The van der Waals surface area contributed by atoms with E-state index in [4.69, 9.17) is 5.73 Å². The zero-order chi connectivity index (χ0) is 18.0. The van der Waals surface area contributed by atoms with Crippen LogP contribution in [0.2, 0.25) is 0 Å². The zero-order valence-corrected chi connectivity index (χ0v) is 15.5. The smallest absolute Gasteiger partial charge is 0.253 e. The highest BCUT2D eigenvalue weighted by atomic mass is 32.2. The van der Waals surface area contributed by atoms with Crippen LogP contribution in [0.4, 0.5) is 0 Å². The summed E-state index contributed by atoms with van der Waals surface area (Å²) in [6, 6.07) is 2.54. The summed E-state index contributed by atoms with van der Waals surface area (Å²) in [6.07, 6.45) is 6.33. The molecule has 1 saturated heterocycles. The van der Waals surface area contributed by atoms with E-state index in [9.17, 15) is 13.2 Å². The standard InChI is InChI=1S/C18H25N3O3S/c1-17(2)13-5-6-18(17)11-25(23,24)21(15(18)9-13)16(22)14(19)8-12-4-3-7-20-10-12/h3-4,7,10,13-15H,5-6,8-9,11,19H2,1-2H3/t13-,14-,15-,18-/m0/s1. The number of sulfonamides is 1. The maximum Gasteiger partial charge on any atom is 0.253 e. The Morgan fingerprint density at radius 3 is 2.88 bits per heavy atom. The molecule has 2 N–H and O–H groups in total. The molecule has 1 aliphatic heterocycles. The van der Waals surface area contributed by atoms with Crippen LogP contribution in [0.3, 0.4) is 0 Å². The van der Waals surface area contributed by atoms with Gasteiger partial charge < -0.3 is 5.73 Å². The van der Waals surface area contributed by atoms with Crippen LogP contribution in [0.5, 0.6) is 0 Å². The molecule has 25 heavy (non-hydrogen) atoms. The molecule has 3 aliphatic rings.